The quantitative estimate of drug-likeness (QED) is 0.676. The van der Waals surface area contributed by atoms with Gasteiger partial charge < -0.3 is 10.1 Å². The molecule has 0 spiro atoms. The second-order valence-corrected chi connectivity index (χ2v) is 6.01. The Labute approximate surface area is 144 Å². The third-order valence-electron chi connectivity index (χ3n) is 4.19. The summed E-state index contributed by atoms with van der Waals surface area (Å²) in [5.41, 5.74) is 3.32. The van der Waals surface area contributed by atoms with Crippen LogP contribution in [0.15, 0.2) is 36.8 Å². The Morgan fingerprint density at radius 3 is 3.04 bits per heavy atom. The second kappa shape index (κ2) is 6.86. The molecule has 0 saturated carbocycles. The highest BCUT2D eigenvalue weighted by molar-refractivity contribution is 5.90. The summed E-state index contributed by atoms with van der Waals surface area (Å²) >= 11 is 0. The molecule has 1 atom stereocenters. The topological polar surface area (TPSA) is 105 Å². The molecule has 3 aromatic heterocycles. The van der Waals surface area contributed by atoms with E-state index in [4.69, 9.17) is 4.74 Å². The fourth-order valence-corrected chi connectivity index (χ4v) is 2.78. The van der Waals surface area contributed by atoms with Crippen molar-refractivity contribution >= 4 is 22.9 Å². The highest BCUT2D eigenvalue weighted by atomic mass is 16.5. The van der Waals surface area contributed by atoms with Gasteiger partial charge in [-0.25, -0.2) is 9.78 Å². The zero-order valence-electron chi connectivity index (χ0n) is 13.5. The van der Waals surface area contributed by atoms with Gasteiger partial charge in [0.25, 0.3) is 0 Å². The van der Waals surface area contributed by atoms with Crippen molar-refractivity contribution in [2.24, 2.45) is 5.92 Å². The van der Waals surface area contributed by atoms with Crippen molar-refractivity contribution in [3.05, 3.63) is 36.8 Å². The normalized spacial score (nSPS) is 16.9. The number of hydrogen-bond acceptors (Lipinski definition) is 5. The lowest BCUT2D eigenvalue weighted by Gasteiger charge is -2.10. The number of rotatable bonds is 4. The van der Waals surface area contributed by atoms with Crippen LogP contribution in [0.5, 0.6) is 0 Å². The first-order chi connectivity index (χ1) is 12.3. The van der Waals surface area contributed by atoms with Crippen LogP contribution in [-0.2, 0) is 4.74 Å². The Morgan fingerprint density at radius 1 is 1.28 bits per heavy atom. The smallest absolute Gasteiger partial charge is 0.320 e. The zero-order valence-corrected chi connectivity index (χ0v) is 13.5. The van der Waals surface area contributed by atoms with Crippen LogP contribution < -0.4 is 10.6 Å². The maximum atomic E-state index is 12.0. The van der Waals surface area contributed by atoms with Crippen LogP contribution in [0.3, 0.4) is 0 Å². The van der Waals surface area contributed by atoms with Gasteiger partial charge in [0, 0.05) is 42.6 Å². The van der Waals surface area contributed by atoms with Crippen molar-refractivity contribution < 1.29 is 9.53 Å². The Kier molecular flexibility index (Phi) is 4.26. The average molecular weight is 338 g/mol. The van der Waals surface area contributed by atoms with E-state index < -0.39 is 0 Å². The third kappa shape index (κ3) is 3.58. The number of anilines is 1. The molecule has 8 heteroatoms. The number of H-pyrrole nitrogens is 1. The van der Waals surface area contributed by atoms with E-state index in [1.54, 1.807) is 24.7 Å². The van der Waals surface area contributed by atoms with Gasteiger partial charge in [-0.15, -0.1) is 0 Å². The van der Waals surface area contributed by atoms with Crippen molar-refractivity contribution in [1.29, 1.82) is 0 Å². The number of urea groups is 1. The van der Waals surface area contributed by atoms with Crippen LogP contribution >= 0.6 is 0 Å². The van der Waals surface area contributed by atoms with Crippen LogP contribution in [0.4, 0.5) is 10.6 Å². The molecule has 1 aliphatic rings. The second-order valence-electron chi connectivity index (χ2n) is 6.01. The first-order valence-electron chi connectivity index (χ1n) is 8.16. The van der Waals surface area contributed by atoms with Gasteiger partial charge in [-0.1, -0.05) is 0 Å². The fourth-order valence-electron chi connectivity index (χ4n) is 2.78. The number of amides is 2. The number of carbonyl (C=O) groups is 1. The van der Waals surface area contributed by atoms with Crippen molar-refractivity contribution in [2.45, 2.75) is 6.42 Å². The van der Waals surface area contributed by atoms with Gasteiger partial charge in [-0.2, -0.15) is 5.10 Å². The first-order valence-corrected chi connectivity index (χ1v) is 8.16. The SMILES string of the molecule is O=C(NCC1CCOC1)Nc1ccc2ncc(-c3cn[nH]c3)cc2n1. The molecule has 8 nitrogen and oxygen atoms in total. The molecular weight excluding hydrogens is 320 g/mol. The van der Waals surface area contributed by atoms with E-state index in [2.05, 4.69) is 30.8 Å². The molecule has 4 heterocycles. The molecule has 3 aromatic rings. The van der Waals surface area contributed by atoms with E-state index >= 15 is 0 Å². The van der Waals surface area contributed by atoms with Gasteiger partial charge in [-0.05, 0) is 24.6 Å². The van der Waals surface area contributed by atoms with Gasteiger partial charge in [0.1, 0.15) is 5.82 Å². The predicted octanol–water partition coefficient (Wildman–Crippen LogP) is 2.18. The molecule has 0 radical (unpaired) electrons. The Bertz CT molecular complexity index is 874. The van der Waals surface area contributed by atoms with Gasteiger partial charge >= 0.3 is 6.03 Å². The van der Waals surface area contributed by atoms with Crippen molar-refractivity contribution in [3.8, 4) is 11.1 Å². The number of pyridine rings is 2. The van der Waals surface area contributed by atoms with Crippen molar-refractivity contribution in [2.75, 3.05) is 25.1 Å². The van der Waals surface area contributed by atoms with Crippen LogP contribution in [0.2, 0.25) is 0 Å². The number of hydrogen-bond donors (Lipinski definition) is 3. The van der Waals surface area contributed by atoms with E-state index in [9.17, 15) is 4.79 Å². The molecule has 1 unspecified atom stereocenters. The zero-order chi connectivity index (χ0) is 17.1. The number of ether oxygens (including phenoxy) is 1. The number of carbonyl (C=O) groups excluding carboxylic acids is 1. The molecule has 25 heavy (non-hydrogen) atoms. The number of aromatic amines is 1. The lowest BCUT2D eigenvalue weighted by atomic mass is 10.1. The largest absolute Gasteiger partial charge is 0.381 e. The molecule has 0 bridgehead atoms. The molecular formula is C17H18N6O2. The summed E-state index contributed by atoms with van der Waals surface area (Å²) in [6.45, 7) is 2.08. The van der Waals surface area contributed by atoms with Crippen LogP contribution in [-0.4, -0.2) is 46.0 Å². The summed E-state index contributed by atoms with van der Waals surface area (Å²) in [7, 11) is 0. The Hall–Kier alpha value is -3.00. The molecule has 1 fully saturated rings. The number of nitrogens with zero attached hydrogens (tertiary/aromatic N) is 3. The van der Waals surface area contributed by atoms with Crippen molar-refractivity contribution in [3.63, 3.8) is 0 Å². The Balaban J connectivity index is 1.46. The average Bonchev–Trinajstić information content (AvgIpc) is 3.33. The summed E-state index contributed by atoms with van der Waals surface area (Å²) in [5.74, 6) is 0.871. The first kappa shape index (κ1) is 15.5. The van der Waals surface area contributed by atoms with Gasteiger partial charge in [0.05, 0.1) is 23.8 Å². The molecule has 1 saturated heterocycles. The lowest BCUT2D eigenvalue weighted by molar-refractivity contribution is 0.185. The van der Waals surface area contributed by atoms with Crippen molar-refractivity contribution in [1.82, 2.24) is 25.5 Å². The minimum atomic E-state index is -0.266. The van der Waals surface area contributed by atoms with E-state index in [0.717, 1.165) is 29.7 Å². The number of aromatic nitrogens is 4. The summed E-state index contributed by atoms with van der Waals surface area (Å²) in [4.78, 5) is 20.9. The van der Waals surface area contributed by atoms with E-state index in [-0.39, 0.29) is 6.03 Å². The van der Waals surface area contributed by atoms with E-state index in [1.807, 2.05) is 12.1 Å². The van der Waals surface area contributed by atoms with Crippen LogP contribution in [0, 0.1) is 5.92 Å². The van der Waals surface area contributed by atoms with E-state index in [0.29, 0.717) is 30.4 Å². The van der Waals surface area contributed by atoms with Crippen LogP contribution in [0.25, 0.3) is 22.2 Å². The highest BCUT2D eigenvalue weighted by Gasteiger charge is 2.16. The minimum absolute atomic E-state index is 0.266. The van der Waals surface area contributed by atoms with Gasteiger partial charge in [-0.3, -0.25) is 15.4 Å². The summed E-state index contributed by atoms with van der Waals surface area (Å²) < 4.78 is 5.30. The summed E-state index contributed by atoms with van der Waals surface area (Å²) in [6, 6.07) is 5.23. The Morgan fingerprint density at radius 2 is 2.24 bits per heavy atom. The van der Waals surface area contributed by atoms with Gasteiger partial charge in [0.2, 0.25) is 0 Å². The molecule has 1 aliphatic heterocycles. The maximum Gasteiger partial charge on any atom is 0.320 e. The predicted molar refractivity (Wildman–Crippen MR) is 93.1 cm³/mol. The highest BCUT2D eigenvalue weighted by Crippen LogP contribution is 2.21. The summed E-state index contributed by atoms with van der Waals surface area (Å²) in [5, 5.41) is 12.3. The fraction of sp³-hybridized carbons (Fsp3) is 0.294. The number of nitrogens with one attached hydrogen (secondary N) is 3. The molecule has 4 rings (SSSR count). The summed E-state index contributed by atoms with van der Waals surface area (Å²) in [6.07, 6.45) is 6.28. The molecule has 0 aromatic carbocycles. The minimum Gasteiger partial charge on any atom is -0.381 e. The molecule has 0 aliphatic carbocycles. The van der Waals surface area contributed by atoms with Gasteiger partial charge in [0.15, 0.2) is 0 Å². The van der Waals surface area contributed by atoms with Crippen LogP contribution in [0.1, 0.15) is 6.42 Å². The van der Waals surface area contributed by atoms with E-state index in [1.165, 1.54) is 0 Å². The third-order valence-corrected chi connectivity index (χ3v) is 4.19. The monoisotopic (exact) mass is 338 g/mol. The molecule has 3 N–H and O–H groups in total. The molecule has 2 amide bonds. The lowest BCUT2D eigenvalue weighted by Crippen LogP contribution is -2.33. The number of fused-ring (bicyclic) bond motifs is 1. The standard InChI is InChI=1S/C17H18N6O2/c24-17(19-6-11-3-4-25-10-11)23-16-2-1-14-15(22-16)5-12(7-18-14)13-8-20-21-9-13/h1-2,5,7-9,11H,3-4,6,10H2,(H,20,21)(H2,19,22,23,24). The molecule has 128 valence electrons. The maximum absolute atomic E-state index is 12.0.